The second kappa shape index (κ2) is 18.3. The Bertz CT molecular complexity index is 508. The van der Waals surface area contributed by atoms with E-state index in [1.807, 2.05) is 14.1 Å². The zero-order valence-corrected chi connectivity index (χ0v) is 21.9. The second-order valence-electron chi connectivity index (χ2n) is 10.5. The molecule has 0 heterocycles. The highest BCUT2D eigenvalue weighted by atomic mass is 32.2. The van der Waals surface area contributed by atoms with Crippen molar-refractivity contribution < 1.29 is 22.6 Å². The second-order valence-corrected chi connectivity index (χ2v) is 11.9. The maximum atomic E-state index is 10.7. The molecule has 2 atom stereocenters. The largest absolute Gasteiger partial charge is 0.748 e. The van der Waals surface area contributed by atoms with Gasteiger partial charge in [-0.3, -0.25) is 0 Å². The molecule has 31 heavy (non-hydrogen) atoms. The van der Waals surface area contributed by atoms with Gasteiger partial charge >= 0.3 is 0 Å². The molecule has 0 aromatic heterocycles. The molecule has 0 saturated heterocycles. The van der Waals surface area contributed by atoms with E-state index in [4.69, 9.17) is 0 Å². The van der Waals surface area contributed by atoms with Crippen LogP contribution in [0.2, 0.25) is 0 Å². The predicted molar refractivity (Wildman–Crippen MR) is 131 cm³/mol. The smallest absolute Gasteiger partial charge is 0.116 e. The number of unbranched alkanes of at least 4 members (excludes halogenated alkanes) is 13. The van der Waals surface area contributed by atoms with Crippen molar-refractivity contribution in [2.75, 3.05) is 32.9 Å². The fourth-order valence-corrected chi connectivity index (χ4v) is 4.88. The number of aliphatic hydroxyl groups is 1. The van der Waals surface area contributed by atoms with Gasteiger partial charge in [0, 0.05) is 0 Å². The molecular weight excluding hydrogens is 410 g/mol. The number of hydrogen-bond acceptors (Lipinski definition) is 4. The Morgan fingerprint density at radius 2 is 1.16 bits per heavy atom. The number of aliphatic hydroxyl groups excluding tert-OH is 1. The van der Waals surface area contributed by atoms with Crippen LogP contribution in [0.15, 0.2) is 0 Å². The Morgan fingerprint density at radius 1 is 0.774 bits per heavy atom. The van der Waals surface area contributed by atoms with Gasteiger partial charge in [0.05, 0.1) is 36.5 Å². The number of likely N-dealkylation sites (N-methyl/N-ethyl adjacent to an activating group) is 1. The molecule has 0 amide bonds. The Balaban J connectivity index is 3.41. The molecule has 6 heteroatoms. The number of quaternary nitrogens is 1. The van der Waals surface area contributed by atoms with Gasteiger partial charge in [0.25, 0.3) is 0 Å². The molecule has 0 bridgehead atoms. The third kappa shape index (κ3) is 22.8. The lowest BCUT2D eigenvalue weighted by Gasteiger charge is -2.32. The molecule has 5 nitrogen and oxygen atoms in total. The van der Waals surface area contributed by atoms with Gasteiger partial charge < -0.3 is 14.1 Å². The zero-order chi connectivity index (χ0) is 23.6. The van der Waals surface area contributed by atoms with Crippen molar-refractivity contribution in [3.05, 3.63) is 0 Å². The minimum atomic E-state index is -4.36. The first-order chi connectivity index (χ1) is 14.6. The average Bonchev–Trinajstić information content (AvgIpc) is 2.65. The lowest BCUT2D eigenvalue weighted by molar-refractivity contribution is -0.893. The summed E-state index contributed by atoms with van der Waals surface area (Å²) < 4.78 is 32.8. The van der Waals surface area contributed by atoms with Crippen LogP contribution >= 0.6 is 0 Å². The molecule has 0 aliphatic heterocycles. The van der Waals surface area contributed by atoms with E-state index in [1.54, 1.807) is 0 Å². The van der Waals surface area contributed by atoms with Crippen LogP contribution in [0, 0.1) is 5.92 Å². The minimum Gasteiger partial charge on any atom is -0.748 e. The summed E-state index contributed by atoms with van der Waals surface area (Å²) in [6, 6.07) is 0. The van der Waals surface area contributed by atoms with Crippen LogP contribution in [0.25, 0.3) is 0 Å². The summed E-state index contributed by atoms with van der Waals surface area (Å²) in [6.45, 7) is 5.86. The van der Waals surface area contributed by atoms with Crippen molar-refractivity contribution >= 4 is 10.1 Å². The van der Waals surface area contributed by atoms with Crippen molar-refractivity contribution in [3.63, 3.8) is 0 Å². The lowest BCUT2D eigenvalue weighted by atomic mass is 9.99. The molecule has 1 N–H and O–H groups in total. The Labute approximate surface area is 194 Å². The van der Waals surface area contributed by atoms with Gasteiger partial charge in [-0.25, -0.2) is 8.42 Å². The highest BCUT2D eigenvalue weighted by Crippen LogP contribution is 2.16. The summed E-state index contributed by atoms with van der Waals surface area (Å²) in [5.74, 6) is 0.219. The van der Waals surface area contributed by atoms with E-state index >= 15 is 0 Å². The van der Waals surface area contributed by atoms with Crippen molar-refractivity contribution in [2.45, 2.75) is 123 Å². The number of nitrogens with zero attached hydrogens (tertiary/aromatic N) is 1. The molecule has 0 aromatic rings. The summed E-state index contributed by atoms with van der Waals surface area (Å²) in [5, 5.41) is 9.78. The Hall–Kier alpha value is -0.170. The number of hydrogen-bond donors (Lipinski definition) is 1. The first kappa shape index (κ1) is 30.8. The predicted octanol–water partition coefficient (Wildman–Crippen LogP) is 5.87. The summed E-state index contributed by atoms with van der Waals surface area (Å²) >= 11 is 0. The normalized spacial score (nSPS) is 14.6. The highest BCUT2D eigenvalue weighted by Gasteiger charge is 2.21. The highest BCUT2D eigenvalue weighted by molar-refractivity contribution is 7.85. The molecule has 0 aliphatic carbocycles. The van der Waals surface area contributed by atoms with Crippen LogP contribution < -0.4 is 0 Å². The van der Waals surface area contributed by atoms with Crippen LogP contribution in [0.1, 0.15) is 117 Å². The molecule has 0 fully saturated rings. The Kier molecular flexibility index (Phi) is 18.2. The Morgan fingerprint density at radius 3 is 1.55 bits per heavy atom. The molecular formula is C25H53NO4S. The first-order valence-electron chi connectivity index (χ1n) is 13.0. The van der Waals surface area contributed by atoms with Gasteiger partial charge in [0.2, 0.25) is 0 Å². The quantitative estimate of drug-likeness (QED) is 0.124. The molecule has 0 aliphatic rings. The molecule has 0 radical (unpaired) electrons. The van der Waals surface area contributed by atoms with E-state index in [2.05, 4.69) is 13.8 Å². The van der Waals surface area contributed by atoms with Crippen molar-refractivity contribution in [3.8, 4) is 0 Å². The van der Waals surface area contributed by atoms with Gasteiger partial charge in [0.1, 0.15) is 12.6 Å². The van der Waals surface area contributed by atoms with Crippen LogP contribution in [-0.4, -0.2) is 61.6 Å². The van der Waals surface area contributed by atoms with E-state index in [9.17, 15) is 18.1 Å². The minimum absolute atomic E-state index is 0.305. The van der Waals surface area contributed by atoms with Gasteiger partial charge in [-0.15, -0.1) is 0 Å². The van der Waals surface area contributed by atoms with Crippen LogP contribution in [0.3, 0.4) is 0 Å². The summed E-state index contributed by atoms with van der Waals surface area (Å²) in [4.78, 5) is 0. The maximum absolute atomic E-state index is 10.7. The molecule has 188 valence electrons. The van der Waals surface area contributed by atoms with E-state index < -0.39 is 22.0 Å². The molecule has 2 unspecified atom stereocenters. The summed E-state index contributed by atoms with van der Waals surface area (Å²) in [6.07, 6.45) is 20.4. The van der Waals surface area contributed by atoms with E-state index in [1.165, 1.54) is 96.3 Å². The molecule has 0 saturated carbocycles. The topological polar surface area (TPSA) is 77.4 Å². The van der Waals surface area contributed by atoms with Crippen molar-refractivity contribution in [1.82, 2.24) is 0 Å². The number of rotatable bonds is 22. The molecule has 0 rings (SSSR count). The van der Waals surface area contributed by atoms with Crippen LogP contribution in [-0.2, 0) is 10.1 Å². The van der Waals surface area contributed by atoms with E-state index in [-0.39, 0.29) is 0 Å². The van der Waals surface area contributed by atoms with Gasteiger partial charge in [0.15, 0.2) is 0 Å². The van der Waals surface area contributed by atoms with Crippen LogP contribution in [0.4, 0.5) is 0 Å². The monoisotopic (exact) mass is 463 g/mol. The van der Waals surface area contributed by atoms with Gasteiger partial charge in [-0.1, -0.05) is 104 Å². The van der Waals surface area contributed by atoms with E-state index in [0.29, 0.717) is 11.0 Å². The summed E-state index contributed by atoms with van der Waals surface area (Å²) in [7, 11) is -0.401. The van der Waals surface area contributed by atoms with Gasteiger partial charge in [-0.05, 0) is 18.8 Å². The van der Waals surface area contributed by atoms with Crippen LogP contribution in [0.5, 0.6) is 0 Å². The molecule has 0 spiro atoms. The molecule has 0 aromatic carbocycles. The van der Waals surface area contributed by atoms with Crippen molar-refractivity contribution in [1.29, 1.82) is 0 Å². The fraction of sp³-hybridized carbons (Fsp3) is 1.00. The third-order valence-electron chi connectivity index (χ3n) is 6.51. The first-order valence-corrected chi connectivity index (χ1v) is 14.6. The standard InChI is InChI=1S/C25H53NO4S/c1-5-24(2)20-18-16-14-12-10-8-6-7-9-11-13-15-17-19-21-26(3,4)22-25(27)23-31(28,29)30/h24-25,27H,5-23H2,1-4H3. The van der Waals surface area contributed by atoms with Crippen molar-refractivity contribution in [2.24, 2.45) is 5.92 Å². The zero-order valence-electron chi connectivity index (χ0n) is 21.1. The third-order valence-corrected chi connectivity index (χ3v) is 7.30. The average molecular weight is 464 g/mol. The fourth-order valence-electron chi connectivity index (χ4n) is 4.31. The SMILES string of the molecule is CCC(C)CCCCCCCCCCCCCCCC[N+](C)(C)CC(O)CS(=O)(=O)[O-]. The maximum Gasteiger partial charge on any atom is 0.116 e. The summed E-state index contributed by atoms with van der Waals surface area (Å²) in [5.41, 5.74) is 0. The van der Waals surface area contributed by atoms with E-state index in [0.717, 1.165) is 18.9 Å². The lowest BCUT2D eigenvalue weighted by Crippen LogP contribution is -2.47. The van der Waals surface area contributed by atoms with Gasteiger partial charge in [-0.2, -0.15) is 0 Å².